The molecule has 3 aromatic rings. The van der Waals surface area contributed by atoms with Crippen LogP contribution in [0.1, 0.15) is 77.0 Å². The highest BCUT2D eigenvalue weighted by molar-refractivity contribution is 5.81. The second-order valence-corrected chi connectivity index (χ2v) is 8.37. The Hall–Kier alpha value is -2.58. The van der Waals surface area contributed by atoms with E-state index < -0.39 is 0 Å². The Balaban J connectivity index is 2.18. The van der Waals surface area contributed by atoms with Crippen LogP contribution in [0.2, 0.25) is 0 Å². The van der Waals surface area contributed by atoms with Crippen molar-refractivity contribution in [3.8, 4) is 11.3 Å². The Bertz CT molecular complexity index is 1070. The lowest BCUT2D eigenvalue weighted by Crippen LogP contribution is -2.30. The minimum absolute atomic E-state index is 0.0918. The fourth-order valence-corrected chi connectivity index (χ4v) is 4.07. The van der Waals surface area contributed by atoms with Crippen molar-refractivity contribution in [2.75, 3.05) is 25.6 Å². The van der Waals surface area contributed by atoms with Crippen molar-refractivity contribution in [1.82, 2.24) is 24.7 Å². The molecule has 0 fully saturated rings. The summed E-state index contributed by atoms with van der Waals surface area (Å²) in [5.41, 5.74) is 6.16. The molecular formula is C25H38N6O2. The second-order valence-electron chi connectivity index (χ2n) is 8.37. The van der Waals surface area contributed by atoms with Gasteiger partial charge in [-0.15, -0.1) is 0 Å². The molecule has 0 aliphatic heterocycles. The van der Waals surface area contributed by atoms with Crippen LogP contribution in [0, 0.1) is 6.92 Å². The van der Waals surface area contributed by atoms with E-state index in [9.17, 15) is 0 Å². The van der Waals surface area contributed by atoms with E-state index in [-0.39, 0.29) is 12.3 Å². The third-order valence-electron chi connectivity index (χ3n) is 5.81. The first-order valence-electron chi connectivity index (χ1n) is 12.1. The monoisotopic (exact) mass is 454 g/mol. The first kappa shape index (κ1) is 25.1. The van der Waals surface area contributed by atoms with Gasteiger partial charge in [-0.25, -0.2) is 19.6 Å². The van der Waals surface area contributed by atoms with Gasteiger partial charge in [0.25, 0.3) is 0 Å². The van der Waals surface area contributed by atoms with Gasteiger partial charge in [-0.05, 0) is 51.7 Å². The molecular weight excluding hydrogens is 416 g/mol. The highest BCUT2D eigenvalue weighted by Crippen LogP contribution is 2.32. The third kappa shape index (κ3) is 5.01. The van der Waals surface area contributed by atoms with Gasteiger partial charge in [0, 0.05) is 31.5 Å². The molecule has 1 atom stereocenters. The number of hydrogen-bond acceptors (Lipinski definition) is 7. The quantitative estimate of drug-likeness (QED) is 0.395. The van der Waals surface area contributed by atoms with Gasteiger partial charge in [0.2, 0.25) is 0 Å². The molecule has 3 aromatic heterocycles. The molecule has 180 valence electrons. The van der Waals surface area contributed by atoms with E-state index in [1.807, 2.05) is 32.5 Å². The third-order valence-corrected chi connectivity index (χ3v) is 5.81. The van der Waals surface area contributed by atoms with Crippen LogP contribution in [0.4, 0.5) is 5.82 Å². The minimum atomic E-state index is -0.386. The molecule has 0 aromatic carbocycles. The molecule has 0 aliphatic rings. The maximum atomic E-state index is 5.91. The first-order valence-corrected chi connectivity index (χ1v) is 12.1. The number of fused-ring (bicyclic) bond motifs is 1. The molecule has 1 N–H and O–H groups in total. The van der Waals surface area contributed by atoms with Crippen molar-refractivity contribution < 1.29 is 9.47 Å². The predicted molar refractivity (Wildman–Crippen MR) is 133 cm³/mol. The van der Waals surface area contributed by atoms with Crippen LogP contribution in [-0.4, -0.2) is 51.3 Å². The predicted octanol–water partition coefficient (Wildman–Crippen LogP) is 5.27. The topological polar surface area (TPSA) is 87.0 Å². The largest absolute Gasteiger partial charge is 0.373 e. The molecule has 0 spiro atoms. The maximum Gasteiger partial charge on any atom is 0.179 e. The van der Waals surface area contributed by atoms with Gasteiger partial charge in [-0.1, -0.05) is 27.7 Å². The first-order chi connectivity index (χ1) is 15.9. The molecule has 3 heterocycles. The summed E-state index contributed by atoms with van der Waals surface area (Å²) in [6.07, 6.45) is 1.16. The van der Waals surface area contributed by atoms with Crippen molar-refractivity contribution in [3.05, 3.63) is 29.2 Å². The number of pyridine rings is 1. The smallest absolute Gasteiger partial charge is 0.179 e. The molecule has 0 bridgehead atoms. The van der Waals surface area contributed by atoms with Gasteiger partial charge in [0.15, 0.2) is 11.9 Å². The Morgan fingerprint density at radius 3 is 2.24 bits per heavy atom. The van der Waals surface area contributed by atoms with Crippen LogP contribution < -0.4 is 5.32 Å². The van der Waals surface area contributed by atoms with E-state index in [1.165, 1.54) is 0 Å². The number of ether oxygens (including phenoxy) is 2. The van der Waals surface area contributed by atoms with Crippen molar-refractivity contribution in [2.24, 2.45) is 0 Å². The summed E-state index contributed by atoms with van der Waals surface area (Å²) in [6.45, 7) is 15.6. The van der Waals surface area contributed by atoms with E-state index in [4.69, 9.17) is 29.5 Å². The standard InChI is InChI=1S/C25H38N6O2/c1-9-18-22(17-13-14-19(15(5)6)27-23(17)26-8)29-21-16(7)30-31(24(21)28-18)20(10-2)25(32-11-3)33-12-4/h13-15,20,25H,9-12H2,1-8H3,(H,26,27). The summed E-state index contributed by atoms with van der Waals surface area (Å²) in [5.74, 6) is 1.16. The number of rotatable bonds is 11. The molecule has 0 saturated carbocycles. The van der Waals surface area contributed by atoms with E-state index >= 15 is 0 Å². The molecule has 0 aliphatic carbocycles. The van der Waals surface area contributed by atoms with Crippen LogP contribution in [0.3, 0.4) is 0 Å². The van der Waals surface area contributed by atoms with Crippen molar-refractivity contribution in [1.29, 1.82) is 0 Å². The summed E-state index contributed by atoms with van der Waals surface area (Å²) in [4.78, 5) is 15.0. The van der Waals surface area contributed by atoms with Crippen LogP contribution in [0.15, 0.2) is 12.1 Å². The summed E-state index contributed by atoms with van der Waals surface area (Å²) in [7, 11) is 1.89. The van der Waals surface area contributed by atoms with Gasteiger partial charge in [-0.3, -0.25) is 0 Å². The van der Waals surface area contributed by atoms with E-state index in [1.54, 1.807) is 0 Å². The number of nitrogens with zero attached hydrogens (tertiary/aromatic N) is 5. The SMILES string of the molecule is CCOC(OCC)C(CC)n1nc(C)c2nc(-c3ccc(C(C)C)nc3NC)c(CC)nc21. The van der Waals surface area contributed by atoms with Gasteiger partial charge in [0.05, 0.1) is 17.1 Å². The van der Waals surface area contributed by atoms with Gasteiger partial charge < -0.3 is 14.8 Å². The summed E-state index contributed by atoms with van der Waals surface area (Å²) in [6, 6.07) is 4.08. The summed E-state index contributed by atoms with van der Waals surface area (Å²) in [5, 5.41) is 8.08. The van der Waals surface area contributed by atoms with E-state index in [0.717, 1.165) is 58.2 Å². The van der Waals surface area contributed by atoms with Gasteiger partial charge in [0.1, 0.15) is 17.4 Å². The van der Waals surface area contributed by atoms with Crippen molar-refractivity contribution in [3.63, 3.8) is 0 Å². The number of aryl methyl sites for hydroxylation is 2. The number of nitrogens with one attached hydrogen (secondary N) is 1. The fourth-order valence-electron chi connectivity index (χ4n) is 4.07. The number of hydrogen-bond donors (Lipinski definition) is 1. The van der Waals surface area contributed by atoms with E-state index in [0.29, 0.717) is 19.1 Å². The lowest BCUT2D eigenvalue weighted by molar-refractivity contribution is -0.164. The molecule has 0 saturated heterocycles. The Labute approximate surface area is 197 Å². The Kier molecular flexibility index (Phi) is 8.37. The average molecular weight is 455 g/mol. The molecule has 8 nitrogen and oxygen atoms in total. The van der Waals surface area contributed by atoms with Crippen LogP contribution in [-0.2, 0) is 15.9 Å². The highest BCUT2D eigenvalue weighted by Gasteiger charge is 2.28. The van der Waals surface area contributed by atoms with Gasteiger partial charge in [-0.2, -0.15) is 5.10 Å². The Morgan fingerprint density at radius 1 is 1.00 bits per heavy atom. The van der Waals surface area contributed by atoms with Crippen LogP contribution in [0.25, 0.3) is 22.4 Å². The van der Waals surface area contributed by atoms with Crippen LogP contribution >= 0.6 is 0 Å². The Morgan fingerprint density at radius 2 is 1.70 bits per heavy atom. The molecule has 8 heteroatoms. The molecule has 1 unspecified atom stereocenters. The fraction of sp³-hybridized carbons (Fsp3) is 0.600. The zero-order valence-corrected chi connectivity index (χ0v) is 21.3. The lowest BCUT2D eigenvalue weighted by Gasteiger charge is -2.26. The zero-order chi connectivity index (χ0) is 24.1. The summed E-state index contributed by atoms with van der Waals surface area (Å²) < 4.78 is 13.8. The van der Waals surface area contributed by atoms with Crippen molar-refractivity contribution in [2.45, 2.75) is 79.6 Å². The normalized spacial score (nSPS) is 12.8. The highest BCUT2D eigenvalue weighted by atomic mass is 16.7. The van der Waals surface area contributed by atoms with Crippen LogP contribution in [0.5, 0.6) is 0 Å². The molecule has 0 radical (unpaired) electrons. The maximum absolute atomic E-state index is 5.91. The minimum Gasteiger partial charge on any atom is -0.373 e. The van der Waals surface area contributed by atoms with Crippen molar-refractivity contribution >= 4 is 17.0 Å². The molecule has 33 heavy (non-hydrogen) atoms. The zero-order valence-electron chi connectivity index (χ0n) is 21.3. The molecule has 0 amide bonds. The van der Waals surface area contributed by atoms with Gasteiger partial charge >= 0.3 is 0 Å². The average Bonchev–Trinajstić information content (AvgIpc) is 3.13. The second kappa shape index (κ2) is 11.0. The lowest BCUT2D eigenvalue weighted by atomic mass is 10.0. The van der Waals surface area contributed by atoms with E-state index in [2.05, 4.69) is 45.1 Å². The number of anilines is 1. The molecule has 3 rings (SSSR count). The number of aromatic nitrogens is 5. The summed E-state index contributed by atoms with van der Waals surface area (Å²) >= 11 is 0.